The number of hydrogen-bond acceptors (Lipinski definition) is 3. The lowest BCUT2D eigenvalue weighted by Crippen LogP contribution is -2.15. The summed E-state index contributed by atoms with van der Waals surface area (Å²) in [5, 5.41) is 3.41. The molecule has 0 unspecified atom stereocenters. The van der Waals surface area contributed by atoms with E-state index < -0.39 is 0 Å². The molecule has 1 N–H and O–H groups in total. The molecule has 0 amide bonds. The van der Waals surface area contributed by atoms with Gasteiger partial charge in [-0.1, -0.05) is 12.5 Å². The molecule has 18 heavy (non-hydrogen) atoms. The lowest BCUT2D eigenvalue weighted by Gasteiger charge is -2.19. The standard InChI is InChI=1S/C15H21NO2/c1-2-3-4-5-6-9-16-13-7-8-14-15(12-13)18-11-10-17-14/h2,7-8,12,16H,1,3-6,9-11H2. The van der Waals surface area contributed by atoms with E-state index in [4.69, 9.17) is 9.47 Å². The number of ether oxygens (including phenoxy) is 2. The first-order valence-electron chi connectivity index (χ1n) is 6.64. The minimum atomic E-state index is 0.637. The van der Waals surface area contributed by atoms with Crippen molar-refractivity contribution in [1.29, 1.82) is 0 Å². The second-order valence-corrected chi connectivity index (χ2v) is 4.42. The SMILES string of the molecule is C=CCCCCCNc1ccc2c(c1)OCCO2. The Bertz CT molecular complexity index is 390. The van der Waals surface area contributed by atoms with Crippen LogP contribution in [0.4, 0.5) is 5.69 Å². The Morgan fingerprint density at radius 2 is 1.94 bits per heavy atom. The molecule has 0 atom stereocenters. The highest BCUT2D eigenvalue weighted by molar-refractivity contribution is 5.55. The third kappa shape index (κ3) is 3.69. The van der Waals surface area contributed by atoms with Crippen LogP contribution in [0.2, 0.25) is 0 Å². The Morgan fingerprint density at radius 1 is 1.11 bits per heavy atom. The van der Waals surface area contributed by atoms with E-state index >= 15 is 0 Å². The van der Waals surface area contributed by atoms with Gasteiger partial charge in [0, 0.05) is 18.3 Å². The van der Waals surface area contributed by atoms with E-state index in [1.54, 1.807) is 0 Å². The van der Waals surface area contributed by atoms with E-state index in [1.807, 2.05) is 24.3 Å². The smallest absolute Gasteiger partial charge is 0.163 e. The zero-order valence-corrected chi connectivity index (χ0v) is 10.8. The van der Waals surface area contributed by atoms with Gasteiger partial charge in [-0.25, -0.2) is 0 Å². The van der Waals surface area contributed by atoms with Crippen LogP contribution in [-0.4, -0.2) is 19.8 Å². The fraction of sp³-hybridized carbons (Fsp3) is 0.467. The van der Waals surface area contributed by atoms with Crippen LogP contribution in [0.1, 0.15) is 25.7 Å². The molecule has 2 rings (SSSR count). The summed E-state index contributed by atoms with van der Waals surface area (Å²) >= 11 is 0. The topological polar surface area (TPSA) is 30.5 Å². The summed E-state index contributed by atoms with van der Waals surface area (Å²) in [4.78, 5) is 0. The van der Waals surface area contributed by atoms with Gasteiger partial charge in [-0.2, -0.15) is 0 Å². The Labute approximate surface area is 109 Å². The molecule has 98 valence electrons. The van der Waals surface area contributed by atoms with E-state index in [1.165, 1.54) is 19.3 Å². The molecular formula is C15H21NO2. The summed E-state index contributed by atoms with van der Waals surface area (Å²) in [7, 11) is 0. The molecule has 3 heteroatoms. The lowest BCUT2D eigenvalue weighted by molar-refractivity contribution is 0.171. The van der Waals surface area contributed by atoms with Gasteiger partial charge in [-0.3, -0.25) is 0 Å². The molecule has 0 radical (unpaired) electrons. The van der Waals surface area contributed by atoms with Crippen LogP contribution >= 0.6 is 0 Å². The van der Waals surface area contributed by atoms with E-state index in [-0.39, 0.29) is 0 Å². The van der Waals surface area contributed by atoms with Crippen molar-refractivity contribution in [3.05, 3.63) is 30.9 Å². The molecule has 0 aromatic heterocycles. The highest BCUT2D eigenvalue weighted by Crippen LogP contribution is 2.32. The molecule has 0 spiro atoms. The van der Waals surface area contributed by atoms with E-state index in [0.717, 1.165) is 30.2 Å². The Morgan fingerprint density at radius 3 is 2.78 bits per heavy atom. The van der Waals surface area contributed by atoms with Gasteiger partial charge < -0.3 is 14.8 Å². The fourth-order valence-corrected chi connectivity index (χ4v) is 1.98. The molecule has 0 aliphatic carbocycles. The molecule has 0 fully saturated rings. The number of fused-ring (bicyclic) bond motifs is 1. The highest BCUT2D eigenvalue weighted by Gasteiger charge is 2.11. The van der Waals surface area contributed by atoms with Crippen molar-refractivity contribution in [2.45, 2.75) is 25.7 Å². The highest BCUT2D eigenvalue weighted by atomic mass is 16.6. The van der Waals surface area contributed by atoms with Gasteiger partial charge in [0.05, 0.1) is 0 Å². The zero-order chi connectivity index (χ0) is 12.6. The van der Waals surface area contributed by atoms with Crippen LogP contribution in [0.15, 0.2) is 30.9 Å². The summed E-state index contributed by atoms with van der Waals surface area (Å²) in [5.41, 5.74) is 1.10. The van der Waals surface area contributed by atoms with Crippen LogP contribution in [0.3, 0.4) is 0 Å². The molecule has 1 heterocycles. The van der Waals surface area contributed by atoms with Crippen molar-refractivity contribution in [3.63, 3.8) is 0 Å². The minimum absolute atomic E-state index is 0.637. The maximum absolute atomic E-state index is 5.55. The molecule has 0 saturated carbocycles. The van der Waals surface area contributed by atoms with Crippen molar-refractivity contribution in [3.8, 4) is 11.5 Å². The van der Waals surface area contributed by atoms with Crippen molar-refractivity contribution in [1.82, 2.24) is 0 Å². The molecule has 3 nitrogen and oxygen atoms in total. The molecule has 0 bridgehead atoms. The van der Waals surface area contributed by atoms with E-state index in [9.17, 15) is 0 Å². The van der Waals surface area contributed by atoms with Crippen LogP contribution in [0.5, 0.6) is 11.5 Å². The number of anilines is 1. The average Bonchev–Trinajstić information content (AvgIpc) is 2.42. The van der Waals surface area contributed by atoms with Crippen molar-refractivity contribution in [2.24, 2.45) is 0 Å². The van der Waals surface area contributed by atoms with Crippen molar-refractivity contribution in [2.75, 3.05) is 25.1 Å². The second kappa shape index (κ2) is 6.94. The first kappa shape index (κ1) is 12.8. The van der Waals surface area contributed by atoms with Gasteiger partial charge in [0.1, 0.15) is 13.2 Å². The average molecular weight is 247 g/mol. The third-order valence-corrected chi connectivity index (χ3v) is 2.96. The number of benzene rings is 1. The van der Waals surface area contributed by atoms with Gasteiger partial charge in [-0.05, 0) is 31.4 Å². The number of rotatable bonds is 7. The summed E-state index contributed by atoms with van der Waals surface area (Å²) < 4.78 is 11.0. The largest absolute Gasteiger partial charge is 0.486 e. The van der Waals surface area contributed by atoms with Gasteiger partial charge in [0.15, 0.2) is 11.5 Å². The normalized spacial score (nSPS) is 13.1. The van der Waals surface area contributed by atoms with Crippen LogP contribution in [-0.2, 0) is 0 Å². The molecular weight excluding hydrogens is 226 g/mol. The summed E-state index contributed by atoms with van der Waals surface area (Å²) in [5.74, 6) is 1.69. The Balaban J connectivity index is 1.74. The maximum atomic E-state index is 5.55. The van der Waals surface area contributed by atoms with E-state index in [0.29, 0.717) is 13.2 Å². The number of hydrogen-bond donors (Lipinski definition) is 1. The molecule has 1 aromatic carbocycles. The summed E-state index contributed by atoms with van der Waals surface area (Å²) in [6, 6.07) is 6.02. The minimum Gasteiger partial charge on any atom is -0.486 e. The first-order chi connectivity index (χ1) is 8.90. The Hall–Kier alpha value is -1.64. The lowest BCUT2D eigenvalue weighted by atomic mass is 10.2. The van der Waals surface area contributed by atoms with Crippen molar-refractivity contribution < 1.29 is 9.47 Å². The van der Waals surface area contributed by atoms with Gasteiger partial charge in [0.2, 0.25) is 0 Å². The zero-order valence-electron chi connectivity index (χ0n) is 10.8. The fourth-order valence-electron chi connectivity index (χ4n) is 1.98. The number of nitrogens with one attached hydrogen (secondary N) is 1. The molecule has 1 aromatic rings. The first-order valence-corrected chi connectivity index (χ1v) is 6.64. The van der Waals surface area contributed by atoms with Gasteiger partial charge in [-0.15, -0.1) is 6.58 Å². The van der Waals surface area contributed by atoms with Crippen LogP contribution in [0, 0.1) is 0 Å². The monoisotopic (exact) mass is 247 g/mol. The predicted octanol–water partition coefficient (Wildman–Crippen LogP) is 3.62. The van der Waals surface area contributed by atoms with Crippen molar-refractivity contribution >= 4 is 5.69 Å². The quantitative estimate of drug-likeness (QED) is 0.589. The van der Waals surface area contributed by atoms with Crippen LogP contribution < -0.4 is 14.8 Å². The van der Waals surface area contributed by atoms with E-state index in [2.05, 4.69) is 11.9 Å². The summed E-state index contributed by atoms with van der Waals surface area (Å²) in [6.07, 6.45) is 6.75. The molecule has 1 aliphatic heterocycles. The van der Waals surface area contributed by atoms with Gasteiger partial charge >= 0.3 is 0 Å². The van der Waals surface area contributed by atoms with Gasteiger partial charge in [0.25, 0.3) is 0 Å². The molecule has 0 saturated heterocycles. The number of unbranched alkanes of at least 4 members (excludes halogenated alkanes) is 3. The molecule has 1 aliphatic rings. The maximum Gasteiger partial charge on any atom is 0.163 e. The Kier molecular flexibility index (Phi) is 4.94. The second-order valence-electron chi connectivity index (χ2n) is 4.42. The number of allylic oxidation sites excluding steroid dienone is 1. The predicted molar refractivity (Wildman–Crippen MR) is 74.6 cm³/mol. The van der Waals surface area contributed by atoms with Crippen LogP contribution in [0.25, 0.3) is 0 Å². The third-order valence-electron chi connectivity index (χ3n) is 2.96. The summed E-state index contributed by atoms with van der Waals surface area (Å²) in [6.45, 7) is 6.00.